The summed E-state index contributed by atoms with van der Waals surface area (Å²) in [6, 6.07) is 12.2. The molecule has 0 fully saturated rings. The average Bonchev–Trinajstić information content (AvgIpc) is 2.52. The highest BCUT2D eigenvalue weighted by Crippen LogP contribution is 2.25. The zero-order valence-corrected chi connectivity index (χ0v) is 14.7. The Kier molecular flexibility index (Phi) is 6.53. The van der Waals surface area contributed by atoms with E-state index in [1.807, 2.05) is 19.1 Å². The van der Waals surface area contributed by atoms with Crippen molar-refractivity contribution in [3.63, 3.8) is 0 Å². The van der Waals surface area contributed by atoms with E-state index >= 15 is 0 Å². The van der Waals surface area contributed by atoms with Crippen LogP contribution in [0.2, 0.25) is 10.0 Å². The standard InChI is InChI=1S/C18H18Cl2N2O2/c1-12(2)11-24-15-5-3-4-14(9-15)22-18(23)10-21-17-7-6-13(19)8-16(17)20/h3-9,21H,1,10-11H2,2H3,(H,22,23). The first-order chi connectivity index (χ1) is 11.4. The van der Waals surface area contributed by atoms with Crippen molar-refractivity contribution < 1.29 is 9.53 Å². The van der Waals surface area contributed by atoms with E-state index in [-0.39, 0.29) is 12.5 Å². The summed E-state index contributed by atoms with van der Waals surface area (Å²) >= 11 is 11.9. The minimum Gasteiger partial charge on any atom is -0.489 e. The van der Waals surface area contributed by atoms with E-state index in [4.69, 9.17) is 27.9 Å². The molecule has 0 bridgehead atoms. The fourth-order valence-electron chi connectivity index (χ4n) is 1.88. The number of hydrogen-bond acceptors (Lipinski definition) is 3. The molecule has 0 atom stereocenters. The number of amides is 1. The Morgan fingerprint density at radius 3 is 2.71 bits per heavy atom. The summed E-state index contributed by atoms with van der Waals surface area (Å²) < 4.78 is 5.55. The minimum absolute atomic E-state index is 0.0816. The number of ether oxygens (including phenoxy) is 1. The van der Waals surface area contributed by atoms with E-state index in [1.165, 1.54) is 0 Å². The number of nitrogens with one attached hydrogen (secondary N) is 2. The fraction of sp³-hybridized carbons (Fsp3) is 0.167. The quantitative estimate of drug-likeness (QED) is 0.679. The molecule has 2 N–H and O–H groups in total. The highest BCUT2D eigenvalue weighted by molar-refractivity contribution is 6.36. The zero-order chi connectivity index (χ0) is 17.5. The predicted octanol–water partition coefficient (Wildman–Crippen LogP) is 5.00. The number of hydrogen-bond donors (Lipinski definition) is 2. The van der Waals surface area contributed by atoms with Crippen molar-refractivity contribution in [2.75, 3.05) is 23.8 Å². The lowest BCUT2D eigenvalue weighted by Crippen LogP contribution is -2.21. The molecule has 0 radical (unpaired) electrons. The van der Waals surface area contributed by atoms with Crippen molar-refractivity contribution >= 4 is 40.5 Å². The van der Waals surface area contributed by atoms with Crippen molar-refractivity contribution in [3.05, 3.63) is 64.7 Å². The van der Waals surface area contributed by atoms with Crippen molar-refractivity contribution in [2.24, 2.45) is 0 Å². The topological polar surface area (TPSA) is 50.4 Å². The molecule has 0 aliphatic rings. The van der Waals surface area contributed by atoms with Gasteiger partial charge in [-0.2, -0.15) is 0 Å². The molecule has 2 aromatic carbocycles. The van der Waals surface area contributed by atoms with Gasteiger partial charge in [-0.25, -0.2) is 0 Å². The summed E-state index contributed by atoms with van der Waals surface area (Å²) in [5.74, 6) is 0.475. The molecule has 0 spiro atoms. The van der Waals surface area contributed by atoms with Gasteiger partial charge in [-0.05, 0) is 42.8 Å². The van der Waals surface area contributed by atoms with Crippen LogP contribution in [-0.2, 0) is 4.79 Å². The molecule has 2 rings (SSSR count). The van der Waals surface area contributed by atoms with Gasteiger partial charge in [-0.3, -0.25) is 4.79 Å². The summed E-state index contributed by atoms with van der Waals surface area (Å²) in [4.78, 5) is 12.0. The van der Waals surface area contributed by atoms with E-state index in [1.54, 1.807) is 30.3 Å². The monoisotopic (exact) mass is 364 g/mol. The van der Waals surface area contributed by atoms with Gasteiger partial charge in [0.2, 0.25) is 5.91 Å². The first kappa shape index (κ1) is 18.2. The van der Waals surface area contributed by atoms with Gasteiger partial charge in [0.15, 0.2) is 0 Å². The smallest absolute Gasteiger partial charge is 0.243 e. The number of anilines is 2. The number of benzene rings is 2. The van der Waals surface area contributed by atoms with E-state index in [2.05, 4.69) is 17.2 Å². The molecular formula is C18H18Cl2N2O2. The molecule has 0 aliphatic heterocycles. The lowest BCUT2D eigenvalue weighted by atomic mass is 10.3. The summed E-state index contributed by atoms with van der Waals surface area (Å²) in [5.41, 5.74) is 2.23. The first-order valence-electron chi connectivity index (χ1n) is 7.30. The highest BCUT2D eigenvalue weighted by atomic mass is 35.5. The van der Waals surface area contributed by atoms with Crippen LogP contribution < -0.4 is 15.4 Å². The first-order valence-corrected chi connectivity index (χ1v) is 8.05. The van der Waals surface area contributed by atoms with E-state index in [9.17, 15) is 4.79 Å². The Bertz CT molecular complexity index is 748. The maximum Gasteiger partial charge on any atom is 0.243 e. The Labute approximate surface area is 151 Å². The zero-order valence-electron chi connectivity index (χ0n) is 13.2. The molecule has 6 heteroatoms. The third kappa shape index (κ3) is 5.80. The Morgan fingerprint density at radius 2 is 2.00 bits per heavy atom. The second kappa shape index (κ2) is 8.62. The molecule has 0 aromatic heterocycles. The van der Waals surface area contributed by atoms with E-state index in [0.29, 0.717) is 33.8 Å². The Morgan fingerprint density at radius 1 is 1.21 bits per heavy atom. The van der Waals surface area contributed by atoms with Crippen LogP contribution in [0.4, 0.5) is 11.4 Å². The summed E-state index contributed by atoms with van der Waals surface area (Å²) in [7, 11) is 0. The Hall–Kier alpha value is -2.17. The second-order valence-electron chi connectivity index (χ2n) is 5.30. The molecule has 0 unspecified atom stereocenters. The van der Waals surface area contributed by atoms with Gasteiger partial charge in [0.25, 0.3) is 0 Å². The molecule has 0 saturated carbocycles. The van der Waals surface area contributed by atoms with Gasteiger partial charge in [-0.1, -0.05) is 35.8 Å². The van der Waals surface area contributed by atoms with Gasteiger partial charge < -0.3 is 15.4 Å². The third-order valence-electron chi connectivity index (χ3n) is 2.97. The number of rotatable bonds is 7. The average molecular weight is 365 g/mol. The van der Waals surface area contributed by atoms with Gasteiger partial charge in [0.1, 0.15) is 12.4 Å². The summed E-state index contributed by atoms with van der Waals surface area (Å²) in [5, 5.41) is 6.77. The summed E-state index contributed by atoms with van der Waals surface area (Å²) in [6.45, 7) is 6.19. The van der Waals surface area contributed by atoms with E-state index in [0.717, 1.165) is 5.57 Å². The van der Waals surface area contributed by atoms with Crippen LogP contribution in [0.1, 0.15) is 6.92 Å². The molecule has 24 heavy (non-hydrogen) atoms. The lowest BCUT2D eigenvalue weighted by molar-refractivity contribution is -0.114. The number of carbonyl (C=O) groups excluding carboxylic acids is 1. The van der Waals surface area contributed by atoms with Crippen LogP contribution in [0, 0.1) is 0 Å². The van der Waals surface area contributed by atoms with Gasteiger partial charge >= 0.3 is 0 Å². The van der Waals surface area contributed by atoms with Crippen LogP contribution in [-0.4, -0.2) is 19.1 Å². The van der Waals surface area contributed by atoms with Gasteiger partial charge in [0.05, 0.1) is 17.3 Å². The van der Waals surface area contributed by atoms with Crippen LogP contribution in [0.5, 0.6) is 5.75 Å². The van der Waals surface area contributed by atoms with Gasteiger partial charge in [-0.15, -0.1) is 0 Å². The highest BCUT2D eigenvalue weighted by Gasteiger charge is 2.06. The molecule has 0 aliphatic carbocycles. The van der Waals surface area contributed by atoms with E-state index < -0.39 is 0 Å². The number of carbonyl (C=O) groups is 1. The fourth-order valence-corrected chi connectivity index (χ4v) is 2.36. The predicted molar refractivity (Wildman–Crippen MR) is 100 cm³/mol. The largest absolute Gasteiger partial charge is 0.489 e. The maximum atomic E-state index is 12.0. The van der Waals surface area contributed by atoms with Crippen molar-refractivity contribution in [1.29, 1.82) is 0 Å². The SMILES string of the molecule is C=C(C)COc1cccc(NC(=O)CNc2ccc(Cl)cc2Cl)c1. The van der Waals surface area contributed by atoms with Crippen LogP contribution in [0.25, 0.3) is 0 Å². The molecule has 0 heterocycles. The van der Waals surface area contributed by atoms with Crippen molar-refractivity contribution in [2.45, 2.75) is 6.92 Å². The van der Waals surface area contributed by atoms with Crippen LogP contribution in [0.15, 0.2) is 54.6 Å². The normalized spacial score (nSPS) is 10.1. The third-order valence-corrected chi connectivity index (χ3v) is 3.52. The van der Waals surface area contributed by atoms with Crippen LogP contribution >= 0.6 is 23.2 Å². The molecule has 2 aromatic rings. The molecular weight excluding hydrogens is 347 g/mol. The van der Waals surface area contributed by atoms with Crippen LogP contribution in [0.3, 0.4) is 0 Å². The maximum absolute atomic E-state index is 12.0. The van der Waals surface area contributed by atoms with Gasteiger partial charge in [0, 0.05) is 16.8 Å². The molecule has 4 nitrogen and oxygen atoms in total. The van der Waals surface area contributed by atoms with Crippen molar-refractivity contribution in [3.8, 4) is 5.75 Å². The summed E-state index contributed by atoms with van der Waals surface area (Å²) in [6.07, 6.45) is 0. The number of halogens is 2. The Balaban J connectivity index is 1.90. The lowest BCUT2D eigenvalue weighted by Gasteiger charge is -2.11. The minimum atomic E-state index is -0.196. The second-order valence-corrected chi connectivity index (χ2v) is 6.14. The molecule has 0 saturated heterocycles. The van der Waals surface area contributed by atoms with Crippen molar-refractivity contribution in [1.82, 2.24) is 0 Å². The molecule has 1 amide bonds. The molecule has 126 valence electrons.